The molecule has 0 saturated heterocycles. The summed E-state index contributed by atoms with van der Waals surface area (Å²) in [7, 11) is 0. The van der Waals surface area contributed by atoms with Crippen LogP contribution >= 0.6 is 0 Å². The Labute approximate surface area is 95.5 Å². The molecule has 0 saturated carbocycles. The van der Waals surface area contributed by atoms with Gasteiger partial charge in [0.05, 0.1) is 5.52 Å². The standard InChI is InChI=1S/C12H18N4/c1-2-3-5-8-14-12-11(13)10-7-4-6-9-16(10)15-12/h4,6-7,9H,2-3,5,8,13H2,1H3,(H,14,15). The van der Waals surface area contributed by atoms with Gasteiger partial charge in [0.1, 0.15) is 5.69 Å². The van der Waals surface area contributed by atoms with Crippen LogP contribution in [0.2, 0.25) is 0 Å². The number of unbranched alkanes of at least 4 members (excludes halogenated alkanes) is 2. The van der Waals surface area contributed by atoms with Crippen molar-refractivity contribution in [2.75, 3.05) is 17.6 Å². The van der Waals surface area contributed by atoms with Gasteiger partial charge in [0, 0.05) is 12.7 Å². The van der Waals surface area contributed by atoms with E-state index < -0.39 is 0 Å². The Morgan fingerprint density at radius 3 is 3.00 bits per heavy atom. The molecule has 2 aromatic heterocycles. The maximum atomic E-state index is 6.01. The van der Waals surface area contributed by atoms with E-state index in [1.54, 1.807) is 4.52 Å². The molecule has 0 aliphatic carbocycles. The lowest BCUT2D eigenvalue weighted by molar-refractivity contribution is 0.741. The third-order valence-electron chi connectivity index (χ3n) is 2.65. The van der Waals surface area contributed by atoms with Gasteiger partial charge in [-0.15, -0.1) is 5.10 Å². The van der Waals surface area contributed by atoms with E-state index in [1.807, 2.05) is 24.4 Å². The van der Waals surface area contributed by atoms with Crippen molar-refractivity contribution in [3.8, 4) is 0 Å². The number of fused-ring (bicyclic) bond motifs is 1. The number of nitrogens with two attached hydrogens (primary N) is 1. The van der Waals surface area contributed by atoms with Crippen LogP contribution in [0.4, 0.5) is 11.5 Å². The Morgan fingerprint density at radius 1 is 1.38 bits per heavy atom. The summed E-state index contributed by atoms with van der Waals surface area (Å²) >= 11 is 0. The average molecular weight is 218 g/mol. The second-order valence-electron chi connectivity index (χ2n) is 3.93. The van der Waals surface area contributed by atoms with Gasteiger partial charge in [-0.05, 0) is 18.6 Å². The Balaban J connectivity index is 2.09. The summed E-state index contributed by atoms with van der Waals surface area (Å²) in [5.74, 6) is 0.794. The second kappa shape index (κ2) is 4.88. The minimum Gasteiger partial charge on any atom is -0.394 e. The minimum atomic E-state index is 0.733. The van der Waals surface area contributed by atoms with Gasteiger partial charge in [0.25, 0.3) is 0 Å². The van der Waals surface area contributed by atoms with Crippen LogP contribution in [-0.2, 0) is 0 Å². The third kappa shape index (κ3) is 2.10. The minimum absolute atomic E-state index is 0.733. The molecule has 86 valence electrons. The summed E-state index contributed by atoms with van der Waals surface area (Å²) < 4.78 is 1.80. The molecule has 4 heteroatoms. The highest BCUT2D eigenvalue weighted by atomic mass is 15.3. The maximum Gasteiger partial charge on any atom is 0.172 e. The third-order valence-corrected chi connectivity index (χ3v) is 2.65. The van der Waals surface area contributed by atoms with Crippen LogP contribution in [0, 0.1) is 0 Å². The molecule has 0 bridgehead atoms. The molecule has 0 aromatic carbocycles. The summed E-state index contributed by atoms with van der Waals surface area (Å²) in [6, 6.07) is 5.88. The lowest BCUT2D eigenvalue weighted by Gasteiger charge is -2.02. The van der Waals surface area contributed by atoms with E-state index in [0.717, 1.165) is 30.0 Å². The molecule has 0 aliphatic heterocycles. The maximum absolute atomic E-state index is 6.01. The van der Waals surface area contributed by atoms with Crippen molar-refractivity contribution < 1.29 is 0 Å². The normalized spacial score (nSPS) is 10.8. The number of hydrogen-bond acceptors (Lipinski definition) is 3. The molecule has 16 heavy (non-hydrogen) atoms. The zero-order chi connectivity index (χ0) is 11.4. The largest absolute Gasteiger partial charge is 0.394 e. The number of nitrogens with zero attached hydrogens (tertiary/aromatic N) is 2. The van der Waals surface area contributed by atoms with Crippen LogP contribution in [0.25, 0.3) is 5.52 Å². The molecular formula is C12H18N4. The van der Waals surface area contributed by atoms with E-state index in [0.29, 0.717) is 0 Å². The second-order valence-corrected chi connectivity index (χ2v) is 3.93. The summed E-state index contributed by atoms with van der Waals surface area (Å²) in [5.41, 5.74) is 7.70. The van der Waals surface area contributed by atoms with Crippen molar-refractivity contribution >= 4 is 17.0 Å². The highest BCUT2D eigenvalue weighted by molar-refractivity contribution is 5.80. The number of anilines is 2. The summed E-state index contributed by atoms with van der Waals surface area (Å²) in [6.45, 7) is 3.13. The number of nitrogens with one attached hydrogen (secondary N) is 1. The molecule has 0 aliphatic rings. The zero-order valence-electron chi connectivity index (χ0n) is 9.61. The smallest absolute Gasteiger partial charge is 0.172 e. The molecule has 0 radical (unpaired) electrons. The Kier molecular flexibility index (Phi) is 3.29. The monoisotopic (exact) mass is 218 g/mol. The van der Waals surface area contributed by atoms with E-state index in [9.17, 15) is 0 Å². The molecule has 0 atom stereocenters. The van der Waals surface area contributed by atoms with Crippen LogP contribution in [-0.4, -0.2) is 16.2 Å². The summed E-state index contributed by atoms with van der Waals surface area (Å²) in [6.07, 6.45) is 5.52. The summed E-state index contributed by atoms with van der Waals surface area (Å²) in [4.78, 5) is 0. The molecular weight excluding hydrogens is 200 g/mol. The quantitative estimate of drug-likeness (QED) is 0.758. The predicted octanol–water partition coefficient (Wildman–Crippen LogP) is 2.52. The zero-order valence-corrected chi connectivity index (χ0v) is 9.61. The lowest BCUT2D eigenvalue weighted by atomic mass is 10.2. The van der Waals surface area contributed by atoms with Crippen molar-refractivity contribution in [3.05, 3.63) is 24.4 Å². The van der Waals surface area contributed by atoms with Crippen molar-refractivity contribution in [3.63, 3.8) is 0 Å². The van der Waals surface area contributed by atoms with Gasteiger partial charge in [0.2, 0.25) is 0 Å². The van der Waals surface area contributed by atoms with Gasteiger partial charge >= 0.3 is 0 Å². The molecule has 2 aromatic rings. The number of rotatable bonds is 5. The topological polar surface area (TPSA) is 55.4 Å². The van der Waals surface area contributed by atoms with E-state index in [-0.39, 0.29) is 0 Å². The van der Waals surface area contributed by atoms with Gasteiger partial charge in [0.15, 0.2) is 5.82 Å². The molecule has 0 unspecified atom stereocenters. The van der Waals surface area contributed by atoms with Crippen LogP contribution in [0.5, 0.6) is 0 Å². The number of hydrogen-bond donors (Lipinski definition) is 2. The first kappa shape index (κ1) is 10.8. The van der Waals surface area contributed by atoms with Crippen molar-refractivity contribution in [2.24, 2.45) is 0 Å². The number of nitrogen functional groups attached to an aromatic ring is 1. The Hall–Kier alpha value is -1.71. The van der Waals surface area contributed by atoms with Gasteiger partial charge in [-0.25, -0.2) is 4.52 Å². The van der Waals surface area contributed by atoms with Crippen molar-refractivity contribution in [1.82, 2.24) is 9.61 Å². The number of aromatic nitrogens is 2. The molecule has 0 spiro atoms. The van der Waals surface area contributed by atoms with Crippen LogP contribution in [0.3, 0.4) is 0 Å². The molecule has 2 rings (SSSR count). The Bertz CT molecular complexity index is 461. The SMILES string of the molecule is CCCCCNc1nn2ccccc2c1N. The van der Waals surface area contributed by atoms with Crippen LogP contribution in [0.15, 0.2) is 24.4 Å². The predicted molar refractivity (Wildman–Crippen MR) is 67.6 cm³/mol. The molecule has 3 N–H and O–H groups in total. The van der Waals surface area contributed by atoms with Gasteiger partial charge in [-0.1, -0.05) is 25.8 Å². The molecule has 4 nitrogen and oxygen atoms in total. The van der Waals surface area contributed by atoms with E-state index in [1.165, 1.54) is 12.8 Å². The van der Waals surface area contributed by atoms with Crippen LogP contribution in [0.1, 0.15) is 26.2 Å². The highest BCUT2D eigenvalue weighted by Gasteiger charge is 2.07. The fourth-order valence-corrected chi connectivity index (χ4v) is 1.73. The van der Waals surface area contributed by atoms with Gasteiger partial charge in [-0.2, -0.15) is 0 Å². The lowest BCUT2D eigenvalue weighted by Crippen LogP contribution is -2.03. The molecule has 0 amide bonds. The van der Waals surface area contributed by atoms with Gasteiger partial charge in [-0.3, -0.25) is 0 Å². The first-order valence-electron chi connectivity index (χ1n) is 5.79. The van der Waals surface area contributed by atoms with E-state index >= 15 is 0 Å². The van der Waals surface area contributed by atoms with E-state index in [4.69, 9.17) is 5.73 Å². The fourth-order valence-electron chi connectivity index (χ4n) is 1.73. The molecule has 2 heterocycles. The molecule has 0 fully saturated rings. The Morgan fingerprint density at radius 2 is 2.25 bits per heavy atom. The fraction of sp³-hybridized carbons (Fsp3) is 0.417. The average Bonchev–Trinajstić information content (AvgIpc) is 2.63. The highest BCUT2D eigenvalue weighted by Crippen LogP contribution is 2.22. The van der Waals surface area contributed by atoms with Crippen LogP contribution < -0.4 is 11.1 Å². The summed E-state index contributed by atoms with van der Waals surface area (Å²) in [5, 5.41) is 7.67. The van der Waals surface area contributed by atoms with Crippen molar-refractivity contribution in [2.45, 2.75) is 26.2 Å². The first-order chi connectivity index (χ1) is 7.83. The van der Waals surface area contributed by atoms with E-state index in [2.05, 4.69) is 17.3 Å². The first-order valence-corrected chi connectivity index (χ1v) is 5.79. The van der Waals surface area contributed by atoms with Crippen molar-refractivity contribution in [1.29, 1.82) is 0 Å². The van der Waals surface area contributed by atoms with Gasteiger partial charge < -0.3 is 11.1 Å². The number of pyridine rings is 1.